The number of nitrogens with two attached hydrogens (primary N) is 1. The van der Waals surface area contributed by atoms with Crippen molar-refractivity contribution < 1.29 is 20.1 Å². The van der Waals surface area contributed by atoms with Gasteiger partial charge in [-0.15, -0.1) is 0 Å². The van der Waals surface area contributed by atoms with Gasteiger partial charge in [-0.3, -0.25) is 4.79 Å². The maximum absolute atomic E-state index is 12.1. The van der Waals surface area contributed by atoms with Gasteiger partial charge in [0, 0.05) is 38.0 Å². The summed E-state index contributed by atoms with van der Waals surface area (Å²) < 4.78 is 1.76. The van der Waals surface area contributed by atoms with Crippen molar-refractivity contribution >= 4 is 28.8 Å². The van der Waals surface area contributed by atoms with Crippen LogP contribution in [-0.4, -0.2) is 91.3 Å². The third-order valence-corrected chi connectivity index (χ3v) is 8.49. The van der Waals surface area contributed by atoms with E-state index in [1.807, 2.05) is 36.4 Å². The van der Waals surface area contributed by atoms with Gasteiger partial charge in [-0.1, -0.05) is 60.7 Å². The van der Waals surface area contributed by atoms with Gasteiger partial charge >= 0.3 is 0 Å². The molecule has 2 aliphatic rings. The fourth-order valence-corrected chi connectivity index (χ4v) is 6.19. The Kier molecular flexibility index (Phi) is 8.52. The van der Waals surface area contributed by atoms with Gasteiger partial charge < -0.3 is 41.2 Å². The van der Waals surface area contributed by atoms with Crippen LogP contribution in [-0.2, 0) is 4.79 Å². The number of rotatable bonds is 10. The number of aliphatic hydroxyl groups is 3. The number of nitrogens with zero attached hydrogens (tertiary/aromatic N) is 5. The lowest BCUT2D eigenvalue weighted by Gasteiger charge is -2.22. The molecular formula is C31H38N8O4. The van der Waals surface area contributed by atoms with E-state index < -0.39 is 24.3 Å². The molecule has 0 unspecified atom stereocenters. The van der Waals surface area contributed by atoms with Crippen LogP contribution in [0, 0.1) is 0 Å². The number of hydrogen-bond donors (Lipinski definition) is 6. The van der Waals surface area contributed by atoms with Gasteiger partial charge in [0.15, 0.2) is 17.0 Å². The van der Waals surface area contributed by atoms with E-state index in [1.54, 1.807) is 10.9 Å². The minimum atomic E-state index is -1.18. The fourth-order valence-electron chi connectivity index (χ4n) is 6.19. The van der Waals surface area contributed by atoms with Gasteiger partial charge in [0.2, 0.25) is 11.9 Å². The molecule has 0 spiro atoms. The number of hydrogen-bond acceptors (Lipinski definition) is 10. The first-order valence-electron chi connectivity index (χ1n) is 14.8. The monoisotopic (exact) mass is 586 g/mol. The van der Waals surface area contributed by atoms with Crippen LogP contribution in [0.3, 0.4) is 0 Å². The normalized spacial score (nSPS) is 23.7. The molecular weight excluding hydrogens is 548 g/mol. The first-order valence-corrected chi connectivity index (χ1v) is 14.8. The molecule has 1 amide bonds. The van der Waals surface area contributed by atoms with Crippen LogP contribution < -0.4 is 21.3 Å². The summed E-state index contributed by atoms with van der Waals surface area (Å²) in [6.45, 7) is 1.60. The smallest absolute Gasteiger partial charge is 0.229 e. The van der Waals surface area contributed by atoms with Crippen molar-refractivity contribution in [2.75, 3.05) is 36.5 Å². The molecule has 3 heterocycles. The number of fused-ring (bicyclic) bond motifs is 1. The molecule has 4 aromatic rings. The molecule has 6 rings (SSSR count). The lowest BCUT2D eigenvalue weighted by molar-refractivity contribution is -0.123. The zero-order valence-electron chi connectivity index (χ0n) is 23.8. The van der Waals surface area contributed by atoms with E-state index in [1.165, 1.54) is 11.1 Å². The topological polar surface area (TPSA) is 175 Å². The molecule has 2 aromatic heterocycles. The van der Waals surface area contributed by atoms with Crippen LogP contribution >= 0.6 is 0 Å². The predicted octanol–water partition coefficient (Wildman–Crippen LogP) is 1.14. The number of aliphatic hydroxyl groups excluding tert-OH is 3. The molecule has 43 heavy (non-hydrogen) atoms. The van der Waals surface area contributed by atoms with E-state index in [9.17, 15) is 15.0 Å². The predicted molar refractivity (Wildman–Crippen MR) is 163 cm³/mol. The zero-order valence-corrected chi connectivity index (χ0v) is 23.8. The summed E-state index contributed by atoms with van der Waals surface area (Å²) in [6, 6.07) is 19.4. The van der Waals surface area contributed by atoms with Crippen LogP contribution in [0.1, 0.15) is 42.3 Å². The van der Waals surface area contributed by atoms with Crippen molar-refractivity contribution in [3.63, 3.8) is 0 Å². The number of anilines is 2. The summed E-state index contributed by atoms with van der Waals surface area (Å²) in [6.07, 6.45) is 0.288. The Labute approximate surface area is 249 Å². The van der Waals surface area contributed by atoms with Gasteiger partial charge in [-0.25, -0.2) is 4.98 Å². The average Bonchev–Trinajstić information content (AvgIpc) is 3.72. The summed E-state index contributed by atoms with van der Waals surface area (Å²) in [5.74, 6) is 0.745. The second-order valence-corrected chi connectivity index (χ2v) is 11.4. The van der Waals surface area contributed by atoms with Crippen LogP contribution in [0.4, 0.5) is 11.8 Å². The quantitative estimate of drug-likeness (QED) is 0.158. The van der Waals surface area contributed by atoms with Gasteiger partial charge in [-0.2, -0.15) is 9.97 Å². The van der Waals surface area contributed by atoms with Gasteiger partial charge in [-0.05, 0) is 24.0 Å². The van der Waals surface area contributed by atoms with Crippen molar-refractivity contribution in [2.24, 2.45) is 5.73 Å². The second-order valence-electron chi connectivity index (χ2n) is 11.4. The molecule has 12 heteroatoms. The second kappa shape index (κ2) is 12.6. The Morgan fingerprint density at radius 3 is 2.35 bits per heavy atom. The lowest BCUT2D eigenvalue weighted by Crippen LogP contribution is -2.43. The van der Waals surface area contributed by atoms with Gasteiger partial charge in [0.1, 0.15) is 12.2 Å². The summed E-state index contributed by atoms with van der Waals surface area (Å²) in [5.41, 5.74) is 9.61. The highest BCUT2D eigenvalue weighted by Crippen LogP contribution is 2.35. The molecule has 2 aromatic carbocycles. The Hall–Kier alpha value is -4.10. The maximum atomic E-state index is 12.1. The maximum Gasteiger partial charge on any atom is 0.229 e. The van der Waals surface area contributed by atoms with Gasteiger partial charge in [0.05, 0.1) is 25.0 Å². The fraction of sp³-hybridized carbons (Fsp3) is 0.419. The Morgan fingerprint density at radius 1 is 1.02 bits per heavy atom. The molecule has 7 N–H and O–H groups in total. The molecule has 1 saturated heterocycles. The average molecular weight is 587 g/mol. The van der Waals surface area contributed by atoms with E-state index >= 15 is 0 Å². The number of nitrogens with one attached hydrogen (secondary N) is 2. The lowest BCUT2D eigenvalue weighted by atomic mass is 9.91. The van der Waals surface area contributed by atoms with Crippen molar-refractivity contribution in [1.82, 2.24) is 24.8 Å². The zero-order chi connectivity index (χ0) is 29.9. The van der Waals surface area contributed by atoms with Crippen molar-refractivity contribution in [3.05, 3.63) is 78.1 Å². The first kappa shape index (κ1) is 29.0. The number of amides is 1. The number of aromatic nitrogens is 4. The number of benzene rings is 2. The third-order valence-electron chi connectivity index (χ3n) is 8.49. The van der Waals surface area contributed by atoms with Crippen LogP contribution in [0.2, 0.25) is 0 Å². The van der Waals surface area contributed by atoms with Gasteiger partial charge in [0.25, 0.3) is 0 Å². The molecule has 5 atom stereocenters. The highest BCUT2D eigenvalue weighted by molar-refractivity contribution is 5.84. The van der Waals surface area contributed by atoms with Crippen molar-refractivity contribution in [1.29, 1.82) is 0 Å². The largest absolute Gasteiger partial charge is 0.396 e. The molecule has 0 radical (unpaired) electrons. The molecule has 2 fully saturated rings. The van der Waals surface area contributed by atoms with E-state index in [0.717, 1.165) is 13.0 Å². The Morgan fingerprint density at radius 2 is 1.72 bits per heavy atom. The Bertz CT molecular complexity index is 1500. The molecule has 1 aliphatic heterocycles. The van der Waals surface area contributed by atoms with Crippen LogP contribution in [0.15, 0.2) is 67.0 Å². The molecule has 1 aliphatic carbocycles. The minimum Gasteiger partial charge on any atom is -0.396 e. The van der Waals surface area contributed by atoms with Crippen LogP contribution in [0.25, 0.3) is 11.2 Å². The summed E-state index contributed by atoms with van der Waals surface area (Å²) >= 11 is 0. The van der Waals surface area contributed by atoms with E-state index in [0.29, 0.717) is 36.0 Å². The van der Waals surface area contributed by atoms with E-state index in [-0.39, 0.29) is 37.3 Å². The molecule has 0 bridgehead atoms. The van der Waals surface area contributed by atoms with E-state index in [4.69, 9.17) is 20.8 Å². The SMILES string of the molecule is N[C@@H]1CCN(c2nc(NCC(c3ccccc3)c3ccccc3)c3ncn([C@@H]4C[C@H](NC(=O)CCO)[C@@H](O)[C@H]4O)c3n2)C1. The standard InChI is InChI=1S/C31H38N8O4/c32-21-11-13-38(17-21)31-36-29(33-16-22(19-7-3-1-4-8-19)20-9-5-2-6-10-20)26-30(37-31)39(18-34-26)24-15-23(27(42)28(24)43)35-25(41)12-14-40/h1-10,18,21-24,27-28,40,42-43H,11-17,32H2,(H,35,41)(H,33,36,37)/t21-,23+,24-,27-,28+/m1/s1. The molecule has 226 valence electrons. The molecule has 12 nitrogen and oxygen atoms in total. The summed E-state index contributed by atoms with van der Waals surface area (Å²) in [5, 5.41) is 37.2. The Balaban J connectivity index is 1.34. The first-order chi connectivity index (χ1) is 20.9. The number of imidazole rings is 1. The van der Waals surface area contributed by atoms with E-state index in [2.05, 4.69) is 44.8 Å². The van der Waals surface area contributed by atoms with Crippen LogP contribution in [0.5, 0.6) is 0 Å². The number of carbonyl (C=O) groups is 1. The minimum absolute atomic E-state index is 0.0243. The molecule has 1 saturated carbocycles. The summed E-state index contributed by atoms with van der Waals surface area (Å²) in [4.78, 5) is 28.6. The highest BCUT2D eigenvalue weighted by atomic mass is 16.3. The van der Waals surface area contributed by atoms with Crippen molar-refractivity contribution in [2.45, 2.75) is 55.5 Å². The number of carbonyl (C=O) groups excluding carboxylic acids is 1. The third kappa shape index (κ3) is 6.04. The summed E-state index contributed by atoms with van der Waals surface area (Å²) in [7, 11) is 0. The highest BCUT2D eigenvalue weighted by Gasteiger charge is 2.44. The van der Waals surface area contributed by atoms with Crippen molar-refractivity contribution in [3.8, 4) is 0 Å².